The molecule has 6 nitrogen and oxygen atoms in total. The van der Waals surface area contributed by atoms with Crippen LogP contribution in [0.1, 0.15) is 24.2 Å². The fraction of sp³-hybridized carbons (Fsp3) is 0.333. The zero-order valence-corrected chi connectivity index (χ0v) is 10.7. The van der Waals surface area contributed by atoms with E-state index in [4.69, 9.17) is 16.6 Å². The predicted molar refractivity (Wildman–Crippen MR) is 69.2 cm³/mol. The first kappa shape index (κ1) is 14.7. The molecule has 0 spiro atoms. The van der Waals surface area contributed by atoms with Crippen LogP contribution in [-0.2, 0) is 4.79 Å². The van der Waals surface area contributed by atoms with E-state index < -0.39 is 28.8 Å². The fourth-order valence-electron chi connectivity index (χ4n) is 1.38. The number of carboxylic acids is 1. The Morgan fingerprint density at radius 2 is 2.00 bits per heavy atom. The fourth-order valence-corrected chi connectivity index (χ4v) is 1.38. The number of rotatable bonds is 5. The maximum atomic E-state index is 13.2. The van der Waals surface area contributed by atoms with Gasteiger partial charge in [-0.1, -0.05) is 0 Å². The molecule has 0 aliphatic rings. The second kappa shape index (κ2) is 5.13. The Bertz CT molecular complexity index is 529. The van der Waals surface area contributed by atoms with Gasteiger partial charge in [0, 0.05) is 6.54 Å². The molecule has 1 amide bonds. The summed E-state index contributed by atoms with van der Waals surface area (Å²) in [6.07, 6.45) is 0. The summed E-state index contributed by atoms with van der Waals surface area (Å²) in [5.41, 5.74) is 9.06. The van der Waals surface area contributed by atoms with E-state index >= 15 is 0 Å². The van der Waals surface area contributed by atoms with Crippen molar-refractivity contribution in [2.75, 3.05) is 17.6 Å². The minimum atomic E-state index is -1.35. The average Bonchev–Trinajstić information content (AvgIpc) is 2.29. The Morgan fingerprint density at radius 3 is 2.47 bits per heavy atom. The standard InChI is InChI=1S/C12H16FN3O3/c1-12(2,11(15)19)5-16-7-4-3-6(13)9(14)8(7)10(17)18/h3-4,16H,5,14H2,1-2H3,(H2,15,19)(H,17,18). The summed E-state index contributed by atoms with van der Waals surface area (Å²) < 4.78 is 13.2. The first-order chi connectivity index (χ1) is 8.66. The zero-order chi connectivity index (χ0) is 14.8. The van der Waals surface area contributed by atoms with E-state index in [1.807, 2.05) is 0 Å². The van der Waals surface area contributed by atoms with E-state index in [-0.39, 0.29) is 17.8 Å². The number of nitrogen functional groups attached to an aromatic ring is 1. The third kappa shape index (κ3) is 3.12. The number of halogens is 1. The highest BCUT2D eigenvalue weighted by molar-refractivity contribution is 6.00. The molecule has 7 heteroatoms. The molecule has 0 saturated heterocycles. The minimum absolute atomic E-state index is 0.105. The van der Waals surface area contributed by atoms with Crippen LogP contribution in [0.25, 0.3) is 0 Å². The SMILES string of the molecule is CC(C)(CNc1ccc(F)c(N)c1C(=O)O)C(N)=O. The zero-order valence-electron chi connectivity index (χ0n) is 10.7. The van der Waals surface area contributed by atoms with Crippen molar-refractivity contribution in [3.05, 3.63) is 23.5 Å². The summed E-state index contributed by atoms with van der Waals surface area (Å²) in [5.74, 6) is -2.69. The third-order valence-corrected chi connectivity index (χ3v) is 2.79. The number of carbonyl (C=O) groups excluding carboxylic acids is 1. The number of nitrogens with two attached hydrogens (primary N) is 2. The van der Waals surface area contributed by atoms with Gasteiger partial charge >= 0.3 is 5.97 Å². The lowest BCUT2D eigenvalue weighted by atomic mass is 9.92. The summed E-state index contributed by atoms with van der Waals surface area (Å²) in [6, 6.07) is 2.31. The third-order valence-electron chi connectivity index (χ3n) is 2.79. The van der Waals surface area contributed by atoms with E-state index in [0.717, 1.165) is 6.07 Å². The number of carboxylic acid groups (broad SMARTS) is 1. The quantitative estimate of drug-likeness (QED) is 0.595. The molecule has 0 atom stereocenters. The first-order valence-corrected chi connectivity index (χ1v) is 5.52. The van der Waals surface area contributed by atoms with Crippen molar-refractivity contribution in [3.8, 4) is 0 Å². The van der Waals surface area contributed by atoms with Crippen molar-refractivity contribution in [2.24, 2.45) is 11.1 Å². The van der Waals surface area contributed by atoms with Crippen molar-refractivity contribution in [2.45, 2.75) is 13.8 Å². The molecule has 0 unspecified atom stereocenters. The molecule has 1 aromatic rings. The Kier molecular flexibility index (Phi) is 3.98. The van der Waals surface area contributed by atoms with Crippen LogP contribution >= 0.6 is 0 Å². The van der Waals surface area contributed by atoms with Crippen LogP contribution in [0.4, 0.5) is 15.8 Å². The van der Waals surface area contributed by atoms with E-state index in [0.29, 0.717) is 0 Å². The number of benzene rings is 1. The van der Waals surface area contributed by atoms with Gasteiger partial charge in [-0.05, 0) is 26.0 Å². The van der Waals surface area contributed by atoms with Crippen LogP contribution in [0.15, 0.2) is 12.1 Å². The molecule has 0 saturated carbocycles. The van der Waals surface area contributed by atoms with Gasteiger partial charge in [0.2, 0.25) is 5.91 Å². The highest BCUT2D eigenvalue weighted by Crippen LogP contribution is 2.26. The van der Waals surface area contributed by atoms with Gasteiger partial charge < -0.3 is 21.9 Å². The van der Waals surface area contributed by atoms with Crippen LogP contribution in [0.5, 0.6) is 0 Å². The molecular weight excluding hydrogens is 253 g/mol. The van der Waals surface area contributed by atoms with E-state index in [1.165, 1.54) is 6.07 Å². The number of hydrogen-bond donors (Lipinski definition) is 4. The van der Waals surface area contributed by atoms with Gasteiger partial charge in [0.25, 0.3) is 0 Å². The number of carbonyl (C=O) groups is 2. The van der Waals surface area contributed by atoms with E-state index in [2.05, 4.69) is 5.32 Å². The van der Waals surface area contributed by atoms with E-state index in [9.17, 15) is 14.0 Å². The molecule has 0 aliphatic carbocycles. The minimum Gasteiger partial charge on any atom is -0.478 e. The van der Waals surface area contributed by atoms with Gasteiger partial charge in [0.05, 0.1) is 16.8 Å². The Balaban J connectivity index is 3.06. The molecule has 0 bridgehead atoms. The van der Waals surface area contributed by atoms with Crippen LogP contribution in [0, 0.1) is 11.2 Å². The van der Waals surface area contributed by atoms with Gasteiger partial charge in [-0.3, -0.25) is 4.79 Å². The molecule has 1 aromatic carbocycles. The van der Waals surface area contributed by atoms with Crippen molar-refractivity contribution in [3.63, 3.8) is 0 Å². The second-order valence-electron chi connectivity index (χ2n) is 4.79. The molecule has 6 N–H and O–H groups in total. The average molecular weight is 269 g/mol. The van der Waals surface area contributed by atoms with Crippen molar-refractivity contribution in [1.82, 2.24) is 0 Å². The number of hydrogen-bond acceptors (Lipinski definition) is 4. The summed E-state index contributed by atoms with van der Waals surface area (Å²) >= 11 is 0. The van der Waals surface area contributed by atoms with Crippen LogP contribution in [-0.4, -0.2) is 23.5 Å². The van der Waals surface area contributed by atoms with Crippen molar-refractivity contribution < 1.29 is 19.1 Å². The van der Waals surface area contributed by atoms with Crippen LogP contribution in [0.2, 0.25) is 0 Å². The first-order valence-electron chi connectivity index (χ1n) is 5.52. The highest BCUT2D eigenvalue weighted by Gasteiger charge is 2.26. The summed E-state index contributed by atoms with van der Waals surface area (Å²) in [6.45, 7) is 3.32. The predicted octanol–water partition coefficient (Wildman–Crippen LogP) is 1.03. The monoisotopic (exact) mass is 269 g/mol. The maximum absolute atomic E-state index is 13.2. The normalized spacial score (nSPS) is 11.1. The van der Waals surface area contributed by atoms with Crippen LogP contribution in [0.3, 0.4) is 0 Å². The molecule has 104 valence electrons. The molecule has 0 aromatic heterocycles. The molecule has 1 rings (SSSR count). The topological polar surface area (TPSA) is 118 Å². The lowest BCUT2D eigenvalue weighted by Gasteiger charge is -2.22. The van der Waals surface area contributed by atoms with Gasteiger partial charge in [-0.25, -0.2) is 9.18 Å². The Morgan fingerprint density at radius 1 is 1.42 bits per heavy atom. The number of primary amides is 1. The summed E-state index contributed by atoms with van der Waals surface area (Å²) in [5, 5.41) is 11.8. The van der Waals surface area contributed by atoms with Crippen LogP contribution < -0.4 is 16.8 Å². The lowest BCUT2D eigenvalue weighted by molar-refractivity contribution is -0.125. The molecule has 0 radical (unpaired) electrons. The number of nitrogens with one attached hydrogen (secondary N) is 1. The maximum Gasteiger partial charge on any atom is 0.340 e. The number of amides is 1. The van der Waals surface area contributed by atoms with Crippen molar-refractivity contribution >= 4 is 23.3 Å². The van der Waals surface area contributed by atoms with E-state index in [1.54, 1.807) is 13.8 Å². The largest absolute Gasteiger partial charge is 0.478 e. The van der Waals surface area contributed by atoms with Gasteiger partial charge in [-0.2, -0.15) is 0 Å². The highest BCUT2D eigenvalue weighted by atomic mass is 19.1. The van der Waals surface area contributed by atoms with Gasteiger partial charge in [0.15, 0.2) is 0 Å². The molecule has 0 fully saturated rings. The summed E-state index contributed by atoms with van der Waals surface area (Å²) in [4.78, 5) is 22.2. The molecule has 0 aliphatic heterocycles. The molecular formula is C12H16FN3O3. The Hall–Kier alpha value is -2.31. The van der Waals surface area contributed by atoms with Gasteiger partial charge in [-0.15, -0.1) is 0 Å². The van der Waals surface area contributed by atoms with Crippen molar-refractivity contribution in [1.29, 1.82) is 0 Å². The van der Waals surface area contributed by atoms with Gasteiger partial charge in [0.1, 0.15) is 11.4 Å². The number of aromatic carboxylic acids is 1. The smallest absolute Gasteiger partial charge is 0.340 e. The summed E-state index contributed by atoms with van der Waals surface area (Å²) in [7, 11) is 0. The molecule has 19 heavy (non-hydrogen) atoms. The molecule has 0 heterocycles. The number of anilines is 2. The lowest BCUT2D eigenvalue weighted by Crippen LogP contribution is -2.37. The Labute approximate surface area is 109 Å². The second-order valence-corrected chi connectivity index (χ2v) is 4.79.